The Hall–Kier alpha value is -4.89. The second kappa shape index (κ2) is 14.6. The number of aromatic nitrogens is 2. The standard InChI is InChI=1S/C50H45N2OS.Pt/c1-30-14-11-20-42(47(30)53)45-27-35(34-24-37(49(3,4)5)29-38(25-34)50(6,7)8)26-44(52-45)33-16-12-15-32(23-33)43-28-36(22-31(2)51-43)39-18-13-19-41-40-17-9-10-21-46(40)54-48(39)41;/h9-22,24-29,53H,1-8H3;/q-1;. The van der Waals surface area contributed by atoms with Gasteiger partial charge in [-0.15, -0.1) is 35.6 Å². The number of phenolic OH excluding ortho intramolecular Hbond substituents is 1. The molecule has 0 amide bonds. The molecule has 8 aromatic rings. The molecule has 5 heteroatoms. The zero-order chi connectivity index (χ0) is 37.9. The van der Waals surface area contributed by atoms with Crippen molar-refractivity contribution in [2.24, 2.45) is 0 Å². The zero-order valence-electron chi connectivity index (χ0n) is 32.6. The van der Waals surface area contributed by atoms with Gasteiger partial charge < -0.3 is 5.11 Å². The number of pyridine rings is 2. The second-order valence-electron chi connectivity index (χ2n) is 16.5. The Balaban J connectivity index is 0.00000465. The van der Waals surface area contributed by atoms with Gasteiger partial charge in [0.15, 0.2) is 0 Å². The first-order chi connectivity index (χ1) is 25.7. The SMILES string of the molecule is Cc1cc(-c2cccc3c2sc2ccccc23)cc(-c2[c-]c(-c3cc(-c4cc(C(C)(C)C)cc(C(C)(C)C)c4)cc(-c4cccc(C)c4O)n3)ccc2)n1.[Pt]. The average molecular weight is 917 g/mol. The number of thiophene rings is 1. The number of hydrogen-bond acceptors (Lipinski definition) is 4. The van der Waals surface area contributed by atoms with Gasteiger partial charge in [0.2, 0.25) is 0 Å². The van der Waals surface area contributed by atoms with E-state index in [0.29, 0.717) is 11.3 Å². The summed E-state index contributed by atoms with van der Waals surface area (Å²) in [7, 11) is 0. The van der Waals surface area contributed by atoms with Gasteiger partial charge in [-0.1, -0.05) is 132 Å². The smallest absolute Gasteiger partial charge is 0.127 e. The Bertz CT molecular complexity index is 2700. The summed E-state index contributed by atoms with van der Waals surface area (Å²) in [4.78, 5) is 10.2. The molecule has 1 N–H and O–H groups in total. The maximum atomic E-state index is 11.3. The minimum Gasteiger partial charge on any atom is -0.507 e. The van der Waals surface area contributed by atoms with Crippen LogP contribution in [0.25, 0.3) is 76.2 Å². The summed E-state index contributed by atoms with van der Waals surface area (Å²) < 4.78 is 2.57. The molecule has 0 atom stereocenters. The van der Waals surface area contributed by atoms with Crippen LogP contribution in [-0.2, 0) is 31.9 Å². The van der Waals surface area contributed by atoms with Gasteiger partial charge in [0.05, 0.1) is 5.69 Å². The van der Waals surface area contributed by atoms with E-state index in [1.54, 1.807) is 0 Å². The van der Waals surface area contributed by atoms with Crippen molar-refractivity contribution >= 4 is 31.5 Å². The van der Waals surface area contributed by atoms with Crippen LogP contribution in [0.2, 0.25) is 0 Å². The van der Waals surface area contributed by atoms with Crippen LogP contribution in [-0.4, -0.2) is 15.1 Å². The second-order valence-corrected chi connectivity index (χ2v) is 17.6. The normalized spacial score (nSPS) is 11.9. The number of para-hydroxylation sites is 1. The van der Waals surface area contributed by atoms with Crippen molar-refractivity contribution in [1.82, 2.24) is 9.97 Å². The summed E-state index contributed by atoms with van der Waals surface area (Å²) in [6.07, 6.45) is 0. The van der Waals surface area contributed by atoms with Crippen molar-refractivity contribution in [2.45, 2.75) is 66.2 Å². The van der Waals surface area contributed by atoms with Crippen molar-refractivity contribution in [2.75, 3.05) is 0 Å². The Kier molecular flexibility index (Phi) is 10.2. The monoisotopic (exact) mass is 916 g/mol. The van der Waals surface area contributed by atoms with Crippen molar-refractivity contribution in [3.05, 3.63) is 150 Å². The molecule has 8 rings (SSSR count). The molecule has 0 aliphatic rings. The largest absolute Gasteiger partial charge is 0.507 e. The summed E-state index contributed by atoms with van der Waals surface area (Å²) in [5.41, 5.74) is 13.6. The van der Waals surface area contributed by atoms with Crippen LogP contribution < -0.4 is 0 Å². The van der Waals surface area contributed by atoms with Crippen LogP contribution in [0.4, 0.5) is 0 Å². The Morgan fingerprint density at radius 2 is 1.11 bits per heavy atom. The van der Waals surface area contributed by atoms with E-state index in [4.69, 9.17) is 9.97 Å². The van der Waals surface area contributed by atoms with Crippen LogP contribution >= 0.6 is 11.3 Å². The Morgan fingerprint density at radius 3 is 1.82 bits per heavy atom. The molecule has 0 aliphatic carbocycles. The van der Waals surface area contributed by atoms with Crippen molar-refractivity contribution in [1.29, 1.82) is 0 Å². The summed E-state index contributed by atoms with van der Waals surface area (Å²) in [6.45, 7) is 17.6. The van der Waals surface area contributed by atoms with Crippen molar-refractivity contribution in [3.8, 4) is 61.8 Å². The molecule has 0 spiro atoms. The van der Waals surface area contributed by atoms with Gasteiger partial charge >= 0.3 is 0 Å². The van der Waals surface area contributed by atoms with Gasteiger partial charge in [-0.25, -0.2) is 0 Å². The minimum absolute atomic E-state index is 0. The van der Waals surface area contributed by atoms with Crippen LogP contribution in [0, 0.1) is 19.9 Å². The number of rotatable bonds is 5. The van der Waals surface area contributed by atoms with Gasteiger partial charge in [-0.3, -0.25) is 9.97 Å². The number of aryl methyl sites for hydroxylation is 2. The van der Waals surface area contributed by atoms with Gasteiger partial charge in [0, 0.05) is 63.9 Å². The van der Waals surface area contributed by atoms with Crippen LogP contribution in [0.15, 0.2) is 121 Å². The van der Waals surface area contributed by atoms with E-state index in [1.807, 2.05) is 36.5 Å². The van der Waals surface area contributed by atoms with Crippen LogP contribution in [0.1, 0.15) is 63.9 Å². The summed E-state index contributed by atoms with van der Waals surface area (Å²) >= 11 is 1.84. The third-order valence-electron chi connectivity index (χ3n) is 10.4. The molecule has 3 nitrogen and oxygen atoms in total. The number of phenols is 1. The molecule has 3 aromatic heterocycles. The van der Waals surface area contributed by atoms with Gasteiger partial charge in [0.25, 0.3) is 0 Å². The van der Waals surface area contributed by atoms with Gasteiger partial charge in [-0.2, -0.15) is 0 Å². The fraction of sp³-hybridized carbons (Fsp3) is 0.200. The number of aromatic hydroxyl groups is 1. The third kappa shape index (κ3) is 7.55. The first-order valence-corrected chi connectivity index (χ1v) is 19.4. The molecule has 0 radical (unpaired) electrons. The first kappa shape index (κ1) is 38.4. The van der Waals surface area contributed by atoms with E-state index in [9.17, 15) is 5.11 Å². The summed E-state index contributed by atoms with van der Waals surface area (Å²) in [5.74, 6) is 0.245. The van der Waals surface area contributed by atoms with E-state index < -0.39 is 0 Å². The number of benzene rings is 5. The minimum atomic E-state index is -0.0339. The van der Waals surface area contributed by atoms with E-state index in [0.717, 1.165) is 50.5 Å². The molecule has 0 fully saturated rings. The van der Waals surface area contributed by atoms with Crippen LogP contribution in [0.3, 0.4) is 0 Å². The Labute approximate surface area is 343 Å². The predicted octanol–water partition coefficient (Wildman–Crippen LogP) is 13.9. The Morgan fingerprint density at radius 1 is 0.545 bits per heavy atom. The summed E-state index contributed by atoms with van der Waals surface area (Å²) in [5, 5.41) is 13.8. The molecular formula is C50H45N2OPtS-. The number of fused-ring (bicyclic) bond motifs is 3. The predicted molar refractivity (Wildman–Crippen MR) is 229 cm³/mol. The fourth-order valence-corrected chi connectivity index (χ4v) is 8.44. The van der Waals surface area contributed by atoms with Crippen molar-refractivity contribution < 1.29 is 26.2 Å². The van der Waals surface area contributed by atoms with Gasteiger partial charge in [-0.05, 0) is 87.9 Å². The average Bonchev–Trinajstić information content (AvgIpc) is 3.54. The molecule has 0 unspecified atom stereocenters. The van der Waals surface area contributed by atoms with Crippen molar-refractivity contribution in [3.63, 3.8) is 0 Å². The van der Waals surface area contributed by atoms with E-state index in [1.165, 1.54) is 36.9 Å². The molecule has 3 heterocycles. The maximum absolute atomic E-state index is 11.3. The van der Waals surface area contributed by atoms with Crippen LogP contribution in [0.5, 0.6) is 5.75 Å². The number of hydrogen-bond donors (Lipinski definition) is 1. The summed E-state index contributed by atoms with van der Waals surface area (Å²) in [6, 6.07) is 46.6. The number of nitrogens with zero attached hydrogens (tertiary/aromatic N) is 2. The third-order valence-corrected chi connectivity index (χ3v) is 11.6. The topological polar surface area (TPSA) is 46.0 Å². The molecular weight excluding hydrogens is 872 g/mol. The molecule has 5 aromatic carbocycles. The molecule has 0 saturated carbocycles. The first-order valence-electron chi connectivity index (χ1n) is 18.6. The molecule has 0 aliphatic heterocycles. The quantitative estimate of drug-likeness (QED) is 0.175. The molecule has 55 heavy (non-hydrogen) atoms. The fourth-order valence-electron chi connectivity index (χ4n) is 7.20. The maximum Gasteiger partial charge on any atom is 0.127 e. The molecule has 0 saturated heterocycles. The van der Waals surface area contributed by atoms with E-state index >= 15 is 0 Å². The molecule has 278 valence electrons. The van der Waals surface area contributed by atoms with E-state index in [2.05, 4.69) is 158 Å². The van der Waals surface area contributed by atoms with E-state index in [-0.39, 0.29) is 37.6 Å². The van der Waals surface area contributed by atoms with Gasteiger partial charge in [0.1, 0.15) is 5.75 Å². The molecule has 0 bridgehead atoms. The zero-order valence-corrected chi connectivity index (χ0v) is 35.7.